The average Bonchev–Trinajstić information content (AvgIpc) is 3.41. The minimum absolute atomic E-state index is 0.0102. The van der Waals surface area contributed by atoms with Gasteiger partial charge in [-0.25, -0.2) is 4.98 Å². The molecular weight excluding hydrogens is 438 g/mol. The first-order chi connectivity index (χ1) is 17.2. The Bertz CT molecular complexity index is 1290. The number of aromatic nitrogens is 3. The number of nitrogens with one attached hydrogen (secondary N) is 3. The second kappa shape index (κ2) is 10.3. The molecule has 0 aliphatic heterocycles. The number of hydrogen-bond donors (Lipinski definition) is 3. The van der Waals surface area contributed by atoms with Crippen molar-refractivity contribution in [2.24, 2.45) is 0 Å². The summed E-state index contributed by atoms with van der Waals surface area (Å²) in [5.41, 5.74) is 4.44. The smallest absolute Gasteiger partial charge is 0.274 e. The van der Waals surface area contributed by atoms with E-state index in [1.807, 2.05) is 48.5 Å². The molecule has 0 bridgehead atoms. The number of benzene rings is 2. The highest BCUT2D eigenvalue weighted by Gasteiger charge is 2.17. The highest BCUT2D eigenvalue weighted by atomic mass is 16.2. The van der Waals surface area contributed by atoms with Crippen LogP contribution in [0, 0.1) is 0 Å². The van der Waals surface area contributed by atoms with Crippen molar-refractivity contribution in [2.45, 2.75) is 38.1 Å². The van der Waals surface area contributed by atoms with Crippen molar-refractivity contribution in [2.75, 3.05) is 5.32 Å². The molecule has 1 saturated carbocycles. The van der Waals surface area contributed by atoms with Crippen LogP contribution in [0.2, 0.25) is 0 Å². The molecule has 0 spiro atoms. The lowest BCUT2D eigenvalue weighted by molar-refractivity contribution is 0.0927. The van der Waals surface area contributed by atoms with Gasteiger partial charge in [0.25, 0.3) is 11.8 Å². The van der Waals surface area contributed by atoms with Crippen LogP contribution >= 0.6 is 0 Å². The minimum atomic E-state index is -0.255. The quantitative estimate of drug-likeness (QED) is 0.352. The number of amides is 2. The highest BCUT2D eigenvalue weighted by Crippen LogP contribution is 2.24. The van der Waals surface area contributed by atoms with E-state index in [4.69, 9.17) is 0 Å². The molecule has 1 aliphatic rings. The number of imidazole rings is 1. The number of nitrogens with zero attached hydrogens (tertiary/aromatic N) is 2. The number of hydrogen-bond acceptors (Lipinski definition) is 4. The predicted octanol–water partition coefficient (Wildman–Crippen LogP) is 5.45. The van der Waals surface area contributed by atoms with Gasteiger partial charge in [0.2, 0.25) is 0 Å². The van der Waals surface area contributed by atoms with Crippen LogP contribution in [0.3, 0.4) is 0 Å². The summed E-state index contributed by atoms with van der Waals surface area (Å²) in [6, 6.07) is 20.5. The van der Waals surface area contributed by atoms with Gasteiger partial charge >= 0.3 is 0 Å². The van der Waals surface area contributed by atoms with Crippen molar-refractivity contribution in [3.63, 3.8) is 0 Å². The van der Waals surface area contributed by atoms with Gasteiger partial charge in [-0.05, 0) is 66.9 Å². The summed E-state index contributed by atoms with van der Waals surface area (Å²) < 4.78 is 0. The number of H-pyrrole nitrogens is 1. The lowest BCUT2D eigenvalue weighted by Crippen LogP contribution is -2.36. The van der Waals surface area contributed by atoms with Crippen LogP contribution in [0.4, 0.5) is 5.69 Å². The van der Waals surface area contributed by atoms with Crippen LogP contribution in [0.15, 0.2) is 79.1 Å². The maximum Gasteiger partial charge on any atom is 0.274 e. The number of aromatic amines is 1. The van der Waals surface area contributed by atoms with Gasteiger partial charge in [-0.2, -0.15) is 0 Å². The zero-order chi connectivity index (χ0) is 24.0. The van der Waals surface area contributed by atoms with E-state index in [-0.39, 0.29) is 11.8 Å². The Balaban J connectivity index is 1.22. The molecule has 0 radical (unpaired) electrons. The SMILES string of the molecule is O=C(NC1CCCCC1)c1ccc(-c2cnc(-c3ccc(NC(=O)c4ccccn4)cc3)[nH]2)cc1. The van der Waals surface area contributed by atoms with Gasteiger partial charge in [-0.15, -0.1) is 0 Å². The molecular formula is C28H27N5O2. The van der Waals surface area contributed by atoms with Crippen molar-refractivity contribution in [1.82, 2.24) is 20.3 Å². The van der Waals surface area contributed by atoms with Gasteiger partial charge in [0.05, 0.1) is 11.9 Å². The van der Waals surface area contributed by atoms with Crippen LogP contribution in [0.1, 0.15) is 53.0 Å². The van der Waals surface area contributed by atoms with E-state index >= 15 is 0 Å². The molecule has 2 aromatic heterocycles. The third-order valence-electron chi connectivity index (χ3n) is 6.29. The summed E-state index contributed by atoms with van der Waals surface area (Å²) in [4.78, 5) is 36.7. The van der Waals surface area contributed by atoms with Crippen molar-refractivity contribution in [3.05, 3.63) is 90.4 Å². The maximum atomic E-state index is 12.6. The molecule has 0 unspecified atom stereocenters. The number of carbonyl (C=O) groups is 2. The minimum Gasteiger partial charge on any atom is -0.349 e. The van der Waals surface area contributed by atoms with Gasteiger partial charge in [0.15, 0.2) is 0 Å². The Kier molecular flexibility index (Phi) is 6.66. The van der Waals surface area contributed by atoms with Gasteiger partial charge in [-0.1, -0.05) is 37.5 Å². The molecule has 2 heterocycles. The monoisotopic (exact) mass is 465 g/mol. The van der Waals surface area contributed by atoms with E-state index in [1.165, 1.54) is 19.3 Å². The summed E-state index contributed by atoms with van der Waals surface area (Å²) in [7, 11) is 0. The first-order valence-electron chi connectivity index (χ1n) is 11.9. The van der Waals surface area contributed by atoms with Gasteiger partial charge in [-0.3, -0.25) is 14.6 Å². The fourth-order valence-electron chi connectivity index (χ4n) is 4.34. The van der Waals surface area contributed by atoms with E-state index in [1.54, 1.807) is 30.6 Å². The third-order valence-corrected chi connectivity index (χ3v) is 6.29. The Morgan fingerprint density at radius 1 is 0.800 bits per heavy atom. The predicted molar refractivity (Wildman–Crippen MR) is 136 cm³/mol. The van der Waals surface area contributed by atoms with E-state index in [0.717, 1.165) is 35.5 Å². The molecule has 2 amide bonds. The summed E-state index contributed by atoms with van der Waals surface area (Å²) in [5.74, 6) is 0.459. The molecule has 0 atom stereocenters. The lowest BCUT2D eigenvalue weighted by Gasteiger charge is -2.22. The Morgan fingerprint density at radius 3 is 2.26 bits per heavy atom. The first-order valence-corrected chi connectivity index (χ1v) is 11.9. The van der Waals surface area contributed by atoms with Crippen LogP contribution in [-0.4, -0.2) is 32.8 Å². The molecule has 7 nitrogen and oxygen atoms in total. The summed E-state index contributed by atoms with van der Waals surface area (Å²) >= 11 is 0. The largest absolute Gasteiger partial charge is 0.349 e. The summed E-state index contributed by atoms with van der Waals surface area (Å²) in [5, 5.41) is 6.00. The molecule has 1 fully saturated rings. The second-order valence-electron chi connectivity index (χ2n) is 8.78. The van der Waals surface area contributed by atoms with E-state index in [2.05, 4.69) is 25.6 Å². The fourth-order valence-corrected chi connectivity index (χ4v) is 4.34. The Hall–Kier alpha value is -4.26. The number of rotatable bonds is 6. The maximum absolute atomic E-state index is 12.6. The summed E-state index contributed by atoms with van der Waals surface area (Å²) in [6.45, 7) is 0. The van der Waals surface area contributed by atoms with Crippen LogP contribution in [-0.2, 0) is 0 Å². The molecule has 3 N–H and O–H groups in total. The molecule has 35 heavy (non-hydrogen) atoms. The standard InChI is InChI=1S/C28H27N5O2/c34-27(31-22-6-2-1-3-7-22)21-11-9-19(10-12-21)25-18-30-26(33-25)20-13-15-23(16-14-20)32-28(35)24-8-4-5-17-29-24/h4-5,8-18,22H,1-3,6-7H2,(H,30,33)(H,31,34)(H,32,35). The molecule has 7 heteroatoms. The number of carbonyl (C=O) groups excluding carboxylic acids is 2. The van der Waals surface area contributed by atoms with Crippen LogP contribution in [0.25, 0.3) is 22.6 Å². The zero-order valence-corrected chi connectivity index (χ0v) is 19.3. The lowest BCUT2D eigenvalue weighted by atomic mass is 9.95. The molecule has 1 aliphatic carbocycles. The normalized spacial score (nSPS) is 13.8. The van der Waals surface area contributed by atoms with Crippen molar-refractivity contribution in [1.29, 1.82) is 0 Å². The van der Waals surface area contributed by atoms with Crippen LogP contribution in [0.5, 0.6) is 0 Å². The van der Waals surface area contributed by atoms with E-state index in [0.29, 0.717) is 23.0 Å². The molecule has 176 valence electrons. The van der Waals surface area contributed by atoms with Gasteiger partial charge in [0.1, 0.15) is 11.5 Å². The van der Waals surface area contributed by atoms with Crippen LogP contribution < -0.4 is 10.6 Å². The number of anilines is 1. The molecule has 5 rings (SSSR count). The Labute approximate surface area is 204 Å². The van der Waals surface area contributed by atoms with Gasteiger partial charge in [0, 0.05) is 29.1 Å². The third kappa shape index (κ3) is 5.46. The molecule has 4 aromatic rings. The van der Waals surface area contributed by atoms with Gasteiger partial charge < -0.3 is 15.6 Å². The van der Waals surface area contributed by atoms with E-state index in [9.17, 15) is 9.59 Å². The average molecular weight is 466 g/mol. The van der Waals surface area contributed by atoms with Crippen molar-refractivity contribution >= 4 is 17.5 Å². The summed E-state index contributed by atoms with van der Waals surface area (Å²) in [6.07, 6.45) is 9.15. The van der Waals surface area contributed by atoms with Crippen molar-refractivity contribution < 1.29 is 9.59 Å². The second-order valence-corrected chi connectivity index (χ2v) is 8.78. The highest BCUT2D eigenvalue weighted by molar-refractivity contribution is 6.02. The fraction of sp³-hybridized carbons (Fsp3) is 0.214. The Morgan fingerprint density at radius 2 is 1.54 bits per heavy atom. The van der Waals surface area contributed by atoms with Crippen molar-refractivity contribution in [3.8, 4) is 22.6 Å². The topological polar surface area (TPSA) is 99.8 Å². The van der Waals surface area contributed by atoms with E-state index < -0.39 is 0 Å². The molecule has 2 aromatic carbocycles. The number of pyridine rings is 1. The first kappa shape index (κ1) is 22.5. The molecule has 0 saturated heterocycles. The zero-order valence-electron chi connectivity index (χ0n) is 19.3.